The summed E-state index contributed by atoms with van der Waals surface area (Å²) in [5.74, 6) is 1.66. The number of nitrogens with zero attached hydrogens (tertiary/aromatic N) is 5. The van der Waals surface area contributed by atoms with Gasteiger partial charge in [-0.25, -0.2) is 4.68 Å². The fraction of sp³-hybridized carbons (Fsp3) is 0.308. The lowest BCUT2D eigenvalue weighted by Crippen LogP contribution is -2.23. The summed E-state index contributed by atoms with van der Waals surface area (Å²) in [6.45, 7) is 6.36. The Kier molecular flexibility index (Phi) is 7.64. The molecular weight excluding hydrogens is 476 g/mol. The van der Waals surface area contributed by atoms with E-state index in [-0.39, 0.29) is 29.5 Å². The summed E-state index contributed by atoms with van der Waals surface area (Å²) in [5.41, 5.74) is 2.64. The quantitative estimate of drug-likeness (QED) is 0.344. The van der Waals surface area contributed by atoms with Gasteiger partial charge in [0.15, 0.2) is 11.0 Å². The number of ether oxygens (including phenoxy) is 1. The first-order chi connectivity index (χ1) is 17.3. The van der Waals surface area contributed by atoms with Crippen LogP contribution in [0, 0.1) is 6.92 Å². The number of rotatable bonds is 9. The smallest absolute Gasteiger partial charge is 0.295 e. The van der Waals surface area contributed by atoms with Gasteiger partial charge in [0.1, 0.15) is 18.0 Å². The van der Waals surface area contributed by atoms with E-state index in [9.17, 15) is 9.59 Å². The van der Waals surface area contributed by atoms with Crippen LogP contribution in [0.3, 0.4) is 0 Å². The largest absolute Gasteiger partial charge is 0.486 e. The number of hydrogen-bond acceptors (Lipinski definition) is 6. The van der Waals surface area contributed by atoms with Crippen molar-refractivity contribution in [2.45, 2.75) is 38.5 Å². The normalized spacial score (nSPS) is 11.2. The summed E-state index contributed by atoms with van der Waals surface area (Å²) >= 11 is 1.25. The molecule has 188 valence electrons. The number of para-hydroxylation sites is 1. The first kappa shape index (κ1) is 25.3. The van der Waals surface area contributed by atoms with Crippen molar-refractivity contribution in [3.05, 3.63) is 82.0 Å². The Morgan fingerprint density at radius 1 is 1.06 bits per heavy atom. The molecule has 0 fully saturated rings. The molecule has 2 aromatic heterocycles. The van der Waals surface area contributed by atoms with Gasteiger partial charge in [0.25, 0.3) is 5.56 Å². The lowest BCUT2D eigenvalue weighted by Gasteiger charge is -2.09. The molecule has 4 rings (SSSR count). The zero-order valence-corrected chi connectivity index (χ0v) is 21.9. The van der Waals surface area contributed by atoms with Crippen molar-refractivity contribution in [1.29, 1.82) is 0 Å². The number of benzene rings is 2. The van der Waals surface area contributed by atoms with Crippen LogP contribution >= 0.6 is 11.8 Å². The van der Waals surface area contributed by atoms with Crippen LogP contribution in [-0.4, -0.2) is 35.8 Å². The van der Waals surface area contributed by atoms with Gasteiger partial charge >= 0.3 is 0 Å². The standard InChI is InChI=1S/C26H30N6O3S/c1-17(2)19-11-13-21(14-12-19)35-15-22-28-29-26(30(22)4)36-16-23(33)27-24-18(3)31(5)32(25(24)34)20-9-7-6-8-10-20/h6-14,17H,15-16H2,1-5H3,(H,27,33). The van der Waals surface area contributed by atoms with Crippen molar-refractivity contribution in [3.63, 3.8) is 0 Å². The Morgan fingerprint density at radius 2 is 1.75 bits per heavy atom. The molecule has 10 heteroatoms. The molecule has 0 radical (unpaired) electrons. The molecule has 0 aliphatic rings. The van der Waals surface area contributed by atoms with Crippen LogP contribution in [0.4, 0.5) is 5.69 Å². The summed E-state index contributed by atoms with van der Waals surface area (Å²) in [6, 6.07) is 17.3. The average Bonchev–Trinajstić information content (AvgIpc) is 3.33. The van der Waals surface area contributed by atoms with Crippen molar-refractivity contribution in [1.82, 2.24) is 24.1 Å². The number of hydrogen-bond donors (Lipinski definition) is 1. The molecule has 36 heavy (non-hydrogen) atoms. The molecule has 2 aromatic carbocycles. The summed E-state index contributed by atoms with van der Waals surface area (Å²) in [5, 5.41) is 11.7. The Hall–Kier alpha value is -3.79. The van der Waals surface area contributed by atoms with Gasteiger partial charge in [-0.05, 0) is 42.7 Å². The van der Waals surface area contributed by atoms with Crippen molar-refractivity contribution in [2.75, 3.05) is 11.1 Å². The maximum atomic E-state index is 13.0. The second kappa shape index (κ2) is 10.9. The highest BCUT2D eigenvalue weighted by atomic mass is 32.2. The summed E-state index contributed by atoms with van der Waals surface area (Å²) in [7, 11) is 3.62. The van der Waals surface area contributed by atoms with Gasteiger partial charge in [-0.15, -0.1) is 10.2 Å². The van der Waals surface area contributed by atoms with Crippen LogP contribution in [0.5, 0.6) is 5.75 Å². The van der Waals surface area contributed by atoms with Gasteiger partial charge in [-0.3, -0.25) is 14.3 Å². The van der Waals surface area contributed by atoms with E-state index in [1.807, 2.05) is 49.5 Å². The summed E-state index contributed by atoms with van der Waals surface area (Å²) in [4.78, 5) is 25.7. The van der Waals surface area contributed by atoms with Crippen molar-refractivity contribution in [3.8, 4) is 11.4 Å². The topological polar surface area (TPSA) is 96.0 Å². The maximum Gasteiger partial charge on any atom is 0.295 e. The minimum Gasteiger partial charge on any atom is -0.486 e. The highest BCUT2D eigenvalue weighted by Gasteiger charge is 2.19. The second-order valence-corrected chi connectivity index (χ2v) is 9.69. The van der Waals surface area contributed by atoms with Gasteiger partial charge in [-0.2, -0.15) is 0 Å². The van der Waals surface area contributed by atoms with Crippen LogP contribution in [-0.2, 0) is 25.5 Å². The predicted octanol–water partition coefficient (Wildman–Crippen LogP) is 4.05. The molecule has 0 spiro atoms. The van der Waals surface area contributed by atoms with E-state index in [0.717, 1.165) is 11.4 Å². The fourth-order valence-corrected chi connectivity index (χ4v) is 4.44. The van der Waals surface area contributed by atoms with Crippen LogP contribution in [0.15, 0.2) is 64.5 Å². The van der Waals surface area contributed by atoms with E-state index in [1.54, 1.807) is 23.2 Å². The summed E-state index contributed by atoms with van der Waals surface area (Å²) in [6.07, 6.45) is 0. The SMILES string of the molecule is Cc1c(NC(=O)CSc2nnc(COc3ccc(C(C)C)cc3)n2C)c(=O)n(-c2ccccc2)n1C. The van der Waals surface area contributed by atoms with E-state index < -0.39 is 0 Å². The highest BCUT2D eigenvalue weighted by Crippen LogP contribution is 2.21. The fourth-order valence-electron chi connectivity index (χ4n) is 3.71. The molecule has 0 saturated carbocycles. The van der Waals surface area contributed by atoms with Crippen LogP contribution in [0.1, 0.15) is 36.8 Å². The van der Waals surface area contributed by atoms with Crippen LogP contribution in [0.2, 0.25) is 0 Å². The number of aromatic nitrogens is 5. The molecule has 0 aliphatic heterocycles. The van der Waals surface area contributed by atoms with Gasteiger partial charge in [0.2, 0.25) is 5.91 Å². The Balaban J connectivity index is 1.36. The van der Waals surface area contributed by atoms with E-state index >= 15 is 0 Å². The van der Waals surface area contributed by atoms with Gasteiger partial charge in [0, 0.05) is 14.1 Å². The molecule has 0 bridgehead atoms. The zero-order chi connectivity index (χ0) is 25.8. The first-order valence-corrected chi connectivity index (χ1v) is 12.6. The van der Waals surface area contributed by atoms with Crippen molar-refractivity contribution >= 4 is 23.4 Å². The number of carbonyl (C=O) groups excluding carboxylic acids is 1. The molecule has 9 nitrogen and oxygen atoms in total. The summed E-state index contributed by atoms with van der Waals surface area (Å²) < 4.78 is 10.9. The minimum atomic E-state index is -0.294. The van der Waals surface area contributed by atoms with Gasteiger partial charge in [-0.1, -0.05) is 55.9 Å². The predicted molar refractivity (Wildman–Crippen MR) is 141 cm³/mol. The van der Waals surface area contributed by atoms with E-state index in [4.69, 9.17) is 4.74 Å². The molecule has 0 aliphatic carbocycles. The lowest BCUT2D eigenvalue weighted by atomic mass is 10.0. The zero-order valence-electron chi connectivity index (χ0n) is 21.1. The Labute approximate surface area is 214 Å². The number of amides is 1. The molecule has 0 unspecified atom stereocenters. The highest BCUT2D eigenvalue weighted by molar-refractivity contribution is 7.99. The molecule has 1 N–H and O–H groups in total. The second-order valence-electron chi connectivity index (χ2n) is 8.74. The van der Waals surface area contributed by atoms with E-state index in [0.29, 0.717) is 22.6 Å². The molecular formula is C26H30N6O3S. The van der Waals surface area contributed by atoms with Gasteiger partial charge in [0.05, 0.1) is 17.1 Å². The number of anilines is 1. The Morgan fingerprint density at radius 3 is 2.42 bits per heavy atom. The molecule has 2 heterocycles. The van der Waals surface area contributed by atoms with Gasteiger partial charge < -0.3 is 14.6 Å². The molecule has 1 amide bonds. The third-order valence-corrected chi connectivity index (χ3v) is 7.01. The molecule has 4 aromatic rings. The number of nitrogens with one attached hydrogen (secondary N) is 1. The average molecular weight is 507 g/mol. The van der Waals surface area contributed by atoms with E-state index in [1.165, 1.54) is 22.0 Å². The minimum absolute atomic E-state index is 0.0859. The lowest BCUT2D eigenvalue weighted by molar-refractivity contribution is -0.113. The molecule has 0 atom stereocenters. The van der Waals surface area contributed by atoms with Crippen LogP contribution in [0.25, 0.3) is 5.69 Å². The third-order valence-electron chi connectivity index (χ3n) is 5.99. The van der Waals surface area contributed by atoms with Crippen molar-refractivity contribution in [2.24, 2.45) is 14.1 Å². The third kappa shape index (κ3) is 5.38. The first-order valence-electron chi connectivity index (χ1n) is 11.6. The monoisotopic (exact) mass is 506 g/mol. The number of thioether (sulfide) groups is 1. The molecule has 0 saturated heterocycles. The van der Waals surface area contributed by atoms with E-state index in [2.05, 4.69) is 41.5 Å². The maximum absolute atomic E-state index is 13.0. The number of carbonyl (C=O) groups is 1. The van der Waals surface area contributed by atoms with Crippen LogP contribution < -0.4 is 15.6 Å². The Bertz CT molecular complexity index is 1400. The van der Waals surface area contributed by atoms with Crippen molar-refractivity contribution < 1.29 is 9.53 Å².